The van der Waals surface area contributed by atoms with E-state index >= 15 is 0 Å². The fraction of sp³-hybridized carbons (Fsp3) is 0.462. The van der Waals surface area contributed by atoms with Crippen molar-refractivity contribution in [3.8, 4) is 0 Å². The third-order valence-electron chi connectivity index (χ3n) is 3.18. The Kier molecular flexibility index (Phi) is 4.39. The topological polar surface area (TPSA) is 23.6 Å². The van der Waals surface area contributed by atoms with E-state index in [4.69, 9.17) is 0 Å². The van der Waals surface area contributed by atoms with E-state index in [0.717, 1.165) is 41.9 Å². The maximum atomic E-state index is 12.3. The summed E-state index contributed by atoms with van der Waals surface area (Å²) in [7, 11) is 0. The van der Waals surface area contributed by atoms with Crippen LogP contribution in [0, 0.1) is 3.57 Å². The van der Waals surface area contributed by atoms with Gasteiger partial charge in [-0.1, -0.05) is 13.0 Å². The van der Waals surface area contributed by atoms with Gasteiger partial charge in [0.25, 0.3) is 5.91 Å². The molecule has 0 bridgehead atoms. The molecule has 1 aliphatic rings. The molecule has 1 heterocycles. The van der Waals surface area contributed by atoms with Crippen molar-refractivity contribution in [2.24, 2.45) is 0 Å². The minimum atomic E-state index is 0.166. The first-order chi connectivity index (χ1) is 8.20. The quantitative estimate of drug-likeness (QED) is 0.767. The van der Waals surface area contributed by atoms with Gasteiger partial charge in [-0.2, -0.15) is 0 Å². The van der Waals surface area contributed by atoms with Crippen LogP contribution in [-0.4, -0.2) is 48.4 Å². The normalized spacial score (nSPS) is 17.2. The average Bonchev–Trinajstić information content (AvgIpc) is 2.38. The lowest BCUT2D eigenvalue weighted by molar-refractivity contribution is 0.0643. The summed E-state index contributed by atoms with van der Waals surface area (Å²) in [6.45, 7) is 6.91. The smallest absolute Gasteiger partial charge is 0.253 e. The maximum absolute atomic E-state index is 12.3. The van der Waals surface area contributed by atoms with Crippen LogP contribution >= 0.6 is 22.6 Å². The van der Waals surface area contributed by atoms with Gasteiger partial charge >= 0.3 is 0 Å². The molecule has 0 aliphatic carbocycles. The Hall–Kier alpha value is -0.620. The fourth-order valence-electron chi connectivity index (χ4n) is 2.07. The number of halogens is 1. The highest BCUT2D eigenvalue weighted by Crippen LogP contribution is 2.12. The second kappa shape index (κ2) is 5.82. The fourth-order valence-corrected chi connectivity index (χ4v) is 2.61. The predicted octanol–water partition coefficient (Wildman–Crippen LogP) is 2.07. The lowest BCUT2D eigenvalue weighted by atomic mass is 10.2. The summed E-state index contributed by atoms with van der Waals surface area (Å²) in [6, 6.07) is 7.80. The molecule has 1 aromatic rings. The summed E-state index contributed by atoms with van der Waals surface area (Å²) in [5.41, 5.74) is 0.807. The number of amides is 1. The van der Waals surface area contributed by atoms with E-state index in [2.05, 4.69) is 34.4 Å². The molecule has 1 aliphatic heterocycles. The second-order valence-electron chi connectivity index (χ2n) is 4.24. The molecular formula is C13H17IN2O. The van der Waals surface area contributed by atoms with Gasteiger partial charge in [0.05, 0.1) is 0 Å². The van der Waals surface area contributed by atoms with E-state index in [1.807, 2.05) is 29.2 Å². The molecule has 1 aromatic carbocycles. The van der Waals surface area contributed by atoms with Crippen LogP contribution < -0.4 is 0 Å². The minimum absolute atomic E-state index is 0.166. The number of carbonyl (C=O) groups excluding carboxylic acids is 1. The molecule has 0 N–H and O–H groups in total. The number of hydrogen-bond donors (Lipinski definition) is 0. The molecule has 1 amide bonds. The van der Waals surface area contributed by atoms with Gasteiger partial charge in [0.1, 0.15) is 0 Å². The predicted molar refractivity (Wildman–Crippen MR) is 77.2 cm³/mol. The van der Waals surface area contributed by atoms with Crippen molar-refractivity contribution in [1.29, 1.82) is 0 Å². The first-order valence-electron chi connectivity index (χ1n) is 5.98. The van der Waals surface area contributed by atoms with E-state index in [-0.39, 0.29) is 5.91 Å². The van der Waals surface area contributed by atoms with E-state index in [9.17, 15) is 4.79 Å². The molecule has 92 valence electrons. The lowest BCUT2D eigenvalue weighted by Gasteiger charge is -2.34. The molecule has 4 heteroatoms. The summed E-state index contributed by atoms with van der Waals surface area (Å²) in [4.78, 5) is 16.6. The summed E-state index contributed by atoms with van der Waals surface area (Å²) in [5, 5.41) is 0. The van der Waals surface area contributed by atoms with Crippen LogP contribution in [0.1, 0.15) is 17.3 Å². The van der Waals surface area contributed by atoms with Gasteiger partial charge in [-0.15, -0.1) is 0 Å². The number of hydrogen-bond acceptors (Lipinski definition) is 2. The van der Waals surface area contributed by atoms with Crippen LogP contribution in [0.4, 0.5) is 0 Å². The van der Waals surface area contributed by atoms with E-state index in [1.165, 1.54) is 0 Å². The lowest BCUT2D eigenvalue weighted by Crippen LogP contribution is -2.48. The summed E-state index contributed by atoms with van der Waals surface area (Å²) in [6.07, 6.45) is 0. The van der Waals surface area contributed by atoms with Gasteiger partial charge < -0.3 is 9.80 Å². The van der Waals surface area contributed by atoms with Crippen LogP contribution in [0.25, 0.3) is 0 Å². The van der Waals surface area contributed by atoms with Gasteiger partial charge in [0.2, 0.25) is 0 Å². The Morgan fingerprint density at radius 2 is 2.00 bits per heavy atom. The number of piperazine rings is 1. The molecule has 0 unspecified atom stereocenters. The number of rotatable bonds is 2. The molecule has 0 aromatic heterocycles. The Bertz CT molecular complexity index is 400. The van der Waals surface area contributed by atoms with Crippen LogP contribution in [0.5, 0.6) is 0 Å². The molecule has 1 fully saturated rings. The Labute approximate surface area is 116 Å². The Balaban J connectivity index is 2.02. The number of nitrogens with zero attached hydrogens (tertiary/aromatic N) is 2. The molecule has 0 atom stereocenters. The standard InChI is InChI=1S/C13H17IN2O/c1-2-15-6-8-16(9-7-15)13(17)11-4-3-5-12(14)10-11/h3-5,10H,2,6-9H2,1H3. The summed E-state index contributed by atoms with van der Waals surface area (Å²) >= 11 is 2.24. The highest BCUT2D eigenvalue weighted by Gasteiger charge is 2.21. The molecule has 1 saturated heterocycles. The molecule has 0 radical (unpaired) electrons. The molecule has 0 spiro atoms. The van der Waals surface area contributed by atoms with Crippen molar-refractivity contribution in [3.63, 3.8) is 0 Å². The molecule has 17 heavy (non-hydrogen) atoms. The van der Waals surface area contributed by atoms with E-state index in [0.29, 0.717) is 0 Å². The van der Waals surface area contributed by atoms with Crippen molar-refractivity contribution in [1.82, 2.24) is 9.80 Å². The third-order valence-corrected chi connectivity index (χ3v) is 3.85. The summed E-state index contributed by atoms with van der Waals surface area (Å²) in [5.74, 6) is 0.166. The molecule has 2 rings (SSSR count). The van der Waals surface area contributed by atoms with Gasteiger partial charge in [-0.3, -0.25) is 4.79 Å². The molecular weight excluding hydrogens is 327 g/mol. The average molecular weight is 344 g/mol. The first kappa shape index (κ1) is 12.8. The third kappa shape index (κ3) is 3.19. The Morgan fingerprint density at radius 3 is 2.59 bits per heavy atom. The minimum Gasteiger partial charge on any atom is -0.336 e. The van der Waals surface area contributed by atoms with Crippen molar-refractivity contribution in [2.75, 3.05) is 32.7 Å². The largest absolute Gasteiger partial charge is 0.336 e. The van der Waals surface area contributed by atoms with Gasteiger partial charge in [0, 0.05) is 35.3 Å². The second-order valence-corrected chi connectivity index (χ2v) is 5.48. The van der Waals surface area contributed by atoms with Gasteiger partial charge in [-0.05, 0) is 47.3 Å². The highest BCUT2D eigenvalue weighted by atomic mass is 127. The monoisotopic (exact) mass is 344 g/mol. The first-order valence-corrected chi connectivity index (χ1v) is 7.06. The molecule has 0 saturated carbocycles. The zero-order valence-electron chi connectivity index (χ0n) is 10.0. The van der Waals surface area contributed by atoms with Crippen molar-refractivity contribution in [2.45, 2.75) is 6.92 Å². The van der Waals surface area contributed by atoms with Crippen LogP contribution in [-0.2, 0) is 0 Å². The zero-order valence-corrected chi connectivity index (χ0v) is 12.2. The highest BCUT2D eigenvalue weighted by molar-refractivity contribution is 14.1. The summed E-state index contributed by atoms with van der Waals surface area (Å²) < 4.78 is 1.11. The van der Waals surface area contributed by atoms with Gasteiger partial charge in [-0.25, -0.2) is 0 Å². The maximum Gasteiger partial charge on any atom is 0.253 e. The van der Waals surface area contributed by atoms with Crippen LogP contribution in [0.3, 0.4) is 0 Å². The van der Waals surface area contributed by atoms with Crippen LogP contribution in [0.2, 0.25) is 0 Å². The number of carbonyl (C=O) groups is 1. The van der Waals surface area contributed by atoms with Crippen molar-refractivity contribution < 1.29 is 4.79 Å². The SMILES string of the molecule is CCN1CCN(C(=O)c2cccc(I)c2)CC1. The van der Waals surface area contributed by atoms with Crippen molar-refractivity contribution >= 4 is 28.5 Å². The van der Waals surface area contributed by atoms with Crippen LogP contribution in [0.15, 0.2) is 24.3 Å². The number of likely N-dealkylation sites (N-methyl/N-ethyl adjacent to an activating group) is 1. The number of benzene rings is 1. The molecule has 3 nitrogen and oxygen atoms in total. The van der Waals surface area contributed by atoms with Gasteiger partial charge in [0.15, 0.2) is 0 Å². The van der Waals surface area contributed by atoms with E-state index < -0.39 is 0 Å². The zero-order chi connectivity index (χ0) is 12.3. The van der Waals surface area contributed by atoms with E-state index in [1.54, 1.807) is 0 Å². The van der Waals surface area contributed by atoms with Crippen molar-refractivity contribution in [3.05, 3.63) is 33.4 Å². The Morgan fingerprint density at radius 1 is 1.29 bits per heavy atom.